The van der Waals surface area contributed by atoms with Gasteiger partial charge in [-0.3, -0.25) is 9.59 Å². The first kappa shape index (κ1) is 23.5. The zero-order chi connectivity index (χ0) is 25.2. The maximum Gasteiger partial charge on any atom is 0.255 e. The van der Waals surface area contributed by atoms with Crippen LogP contribution in [0.3, 0.4) is 0 Å². The number of aromatic nitrogens is 1. The van der Waals surface area contributed by atoms with E-state index in [1.54, 1.807) is 28.0 Å². The summed E-state index contributed by atoms with van der Waals surface area (Å²) in [5.41, 5.74) is 4.13. The summed E-state index contributed by atoms with van der Waals surface area (Å²) in [6.45, 7) is 3.38. The van der Waals surface area contributed by atoms with E-state index >= 15 is 0 Å². The molecule has 1 saturated heterocycles. The van der Waals surface area contributed by atoms with Crippen LogP contribution in [0, 0.1) is 18.6 Å². The molecule has 0 aliphatic carbocycles. The summed E-state index contributed by atoms with van der Waals surface area (Å²) in [6, 6.07) is 23.4. The van der Waals surface area contributed by atoms with Gasteiger partial charge in [-0.15, -0.1) is 0 Å². The number of hydrogen-bond acceptors (Lipinski definition) is 2. The second-order valence-electron chi connectivity index (χ2n) is 8.80. The molecule has 36 heavy (non-hydrogen) atoms. The molecule has 0 saturated carbocycles. The number of carbonyl (C=O) groups is 2. The van der Waals surface area contributed by atoms with Crippen molar-refractivity contribution in [3.63, 3.8) is 0 Å². The average Bonchev–Trinajstić information content (AvgIpc) is 3.25. The van der Waals surface area contributed by atoms with Crippen molar-refractivity contribution in [1.82, 2.24) is 14.4 Å². The number of rotatable bonds is 4. The third-order valence-electron chi connectivity index (χ3n) is 6.56. The molecule has 0 unspecified atom stereocenters. The Bertz CT molecular complexity index is 1410. The van der Waals surface area contributed by atoms with Crippen molar-refractivity contribution in [3.8, 4) is 16.9 Å². The molecule has 2 amide bonds. The second kappa shape index (κ2) is 9.77. The maximum atomic E-state index is 13.6. The van der Waals surface area contributed by atoms with Crippen LogP contribution in [-0.4, -0.2) is 52.4 Å². The summed E-state index contributed by atoms with van der Waals surface area (Å²) < 4.78 is 29.1. The number of amides is 2. The van der Waals surface area contributed by atoms with Crippen molar-refractivity contribution in [2.24, 2.45) is 0 Å². The lowest BCUT2D eigenvalue weighted by atomic mass is 10.1. The van der Waals surface area contributed by atoms with Crippen LogP contribution < -0.4 is 0 Å². The van der Waals surface area contributed by atoms with Gasteiger partial charge in [0.25, 0.3) is 11.8 Å². The van der Waals surface area contributed by atoms with E-state index in [-0.39, 0.29) is 17.6 Å². The van der Waals surface area contributed by atoms with Gasteiger partial charge in [-0.1, -0.05) is 24.3 Å². The number of carbonyl (C=O) groups excluding carboxylic acids is 2. The SMILES string of the molecule is Cc1c(C(=O)N2CCN(C(=O)c3cccc(F)c3)CC2)cc(-c2ccc(F)cc2)n1-c1ccccc1. The molecule has 1 aliphatic rings. The number of nitrogens with zero attached hydrogens (tertiary/aromatic N) is 3. The van der Waals surface area contributed by atoms with E-state index in [1.165, 1.54) is 30.3 Å². The van der Waals surface area contributed by atoms with Gasteiger partial charge in [0.1, 0.15) is 11.6 Å². The van der Waals surface area contributed by atoms with Gasteiger partial charge in [-0.25, -0.2) is 8.78 Å². The highest BCUT2D eigenvalue weighted by atomic mass is 19.1. The van der Waals surface area contributed by atoms with Gasteiger partial charge in [0.15, 0.2) is 0 Å². The third-order valence-corrected chi connectivity index (χ3v) is 6.56. The van der Waals surface area contributed by atoms with Crippen LogP contribution in [0.1, 0.15) is 26.4 Å². The quantitative estimate of drug-likeness (QED) is 0.392. The minimum absolute atomic E-state index is 0.122. The fraction of sp³-hybridized carbons (Fsp3) is 0.172. The third kappa shape index (κ3) is 4.52. The topological polar surface area (TPSA) is 45.6 Å². The van der Waals surface area contributed by atoms with Crippen LogP contribution in [0.4, 0.5) is 8.78 Å². The fourth-order valence-corrected chi connectivity index (χ4v) is 4.65. The Kier molecular flexibility index (Phi) is 6.38. The summed E-state index contributed by atoms with van der Waals surface area (Å²) >= 11 is 0. The van der Waals surface area contributed by atoms with Crippen LogP contribution in [-0.2, 0) is 0 Å². The predicted molar refractivity (Wildman–Crippen MR) is 134 cm³/mol. The molecule has 0 atom stereocenters. The molecule has 0 spiro atoms. The molecule has 7 heteroatoms. The van der Waals surface area contributed by atoms with E-state index < -0.39 is 5.82 Å². The maximum absolute atomic E-state index is 13.6. The molecule has 182 valence electrons. The monoisotopic (exact) mass is 485 g/mol. The van der Waals surface area contributed by atoms with Crippen LogP contribution >= 0.6 is 0 Å². The van der Waals surface area contributed by atoms with E-state index in [0.29, 0.717) is 37.3 Å². The highest BCUT2D eigenvalue weighted by molar-refractivity contribution is 5.98. The van der Waals surface area contributed by atoms with Crippen molar-refractivity contribution < 1.29 is 18.4 Å². The van der Waals surface area contributed by atoms with Crippen molar-refractivity contribution >= 4 is 11.8 Å². The second-order valence-corrected chi connectivity index (χ2v) is 8.80. The Balaban J connectivity index is 1.40. The van der Waals surface area contributed by atoms with Crippen LogP contribution in [0.5, 0.6) is 0 Å². The van der Waals surface area contributed by atoms with Gasteiger partial charge in [-0.2, -0.15) is 0 Å². The highest BCUT2D eigenvalue weighted by Crippen LogP contribution is 2.30. The molecule has 1 aliphatic heterocycles. The Morgan fingerprint density at radius 1 is 0.694 bits per heavy atom. The van der Waals surface area contributed by atoms with Gasteiger partial charge < -0.3 is 14.4 Å². The number of halogens is 2. The number of piperazine rings is 1. The zero-order valence-corrected chi connectivity index (χ0v) is 19.8. The average molecular weight is 486 g/mol. The molecule has 0 bridgehead atoms. The lowest BCUT2D eigenvalue weighted by molar-refractivity contribution is 0.0535. The Morgan fingerprint density at radius 3 is 1.97 bits per heavy atom. The van der Waals surface area contributed by atoms with Crippen LogP contribution in [0.25, 0.3) is 16.9 Å². The summed E-state index contributed by atoms with van der Waals surface area (Å²) in [4.78, 5) is 29.7. The lowest BCUT2D eigenvalue weighted by Crippen LogP contribution is -2.50. The molecule has 5 rings (SSSR count). The van der Waals surface area contributed by atoms with E-state index in [9.17, 15) is 18.4 Å². The predicted octanol–water partition coefficient (Wildman–Crippen LogP) is 5.33. The number of para-hydroxylation sites is 1. The molecular weight excluding hydrogens is 460 g/mol. The fourth-order valence-electron chi connectivity index (χ4n) is 4.65. The van der Waals surface area contributed by atoms with Gasteiger partial charge in [0.2, 0.25) is 0 Å². The molecule has 3 aromatic carbocycles. The molecule has 0 radical (unpaired) electrons. The van der Waals surface area contributed by atoms with Crippen LogP contribution in [0.15, 0.2) is 84.9 Å². The number of benzene rings is 3. The number of hydrogen-bond donors (Lipinski definition) is 0. The molecule has 4 aromatic rings. The Labute approximate surface area is 208 Å². The molecule has 1 aromatic heterocycles. The van der Waals surface area contributed by atoms with Crippen molar-refractivity contribution in [2.75, 3.05) is 26.2 Å². The summed E-state index contributed by atoms with van der Waals surface area (Å²) in [5, 5.41) is 0. The molecular formula is C29H25F2N3O2. The minimum Gasteiger partial charge on any atom is -0.335 e. The smallest absolute Gasteiger partial charge is 0.255 e. The summed E-state index contributed by atoms with van der Waals surface area (Å²) in [6.07, 6.45) is 0. The summed E-state index contributed by atoms with van der Waals surface area (Å²) in [5.74, 6) is -1.14. The van der Waals surface area contributed by atoms with Gasteiger partial charge >= 0.3 is 0 Å². The first-order chi connectivity index (χ1) is 17.4. The molecule has 2 heterocycles. The van der Waals surface area contributed by atoms with E-state index in [0.717, 1.165) is 22.6 Å². The standard InChI is InChI=1S/C29H25F2N3O2/c1-20-26(19-27(21-10-12-23(30)13-11-21)34(20)25-8-3-2-4-9-25)29(36)33-16-14-32(15-17-33)28(35)22-6-5-7-24(31)18-22/h2-13,18-19H,14-17H2,1H3. The molecule has 1 fully saturated rings. The Hall–Kier alpha value is -4.26. The van der Waals surface area contributed by atoms with Crippen molar-refractivity contribution in [2.45, 2.75) is 6.92 Å². The van der Waals surface area contributed by atoms with Gasteiger partial charge in [-0.05, 0) is 73.2 Å². The van der Waals surface area contributed by atoms with Gasteiger partial charge in [0.05, 0.1) is 11.3 Å². The Morgan fingerprint density at radius 2 is 1.33 bits per heavy atom. The highest BCUT2D eigenvalue weighted by Gasteiger charge is 2.28. The van der Waals surface area contributed by atoms with Gasteiger partial charge in [0, 0.05) is 43.1 Å². The normalized spacial score (nSPS) is 13.6. The zero-order valence-electron chi connectivity index (χ0n) is 19.8. The van der Waals surface area contributed by atoms with E-state index in [2.05, 4.69) is 0 Å². The molecule has 5 nitrogen and oxygen atoms in total. The largest absolute Gasteiger partial charge is 0.335 e. The van der Waals surface area contributed by atoms with Crippen molar-refractivity contribution in [3.05, 3.63) is 113 Å². The van der Waals surface area contributed by atoms with Crippen molar-refractivity contribution in [1.29, 1.82) is 0 Å². The minimum atomic E-state index is -0.454. The van der Waals surface area contributed by atoms with E-state index in [1.807, 2.05) is 47.9 Å². The lowest BCUT2D eigenvalue weighted by Gasteiger charge is -2.34. The molecule has 0 N–H and O–H groups in total. The summed E-state index contributed by atoms with van der Waals surface area (Å²) in [7, 11) is 0. The van der Waals surface area contributed by atoms with E-state index in [4.69, 9.17) is 0 Å². The first-order valence-electron chi connectivity index (χ1n) is 11.8. The van der Waals surface area contributed by atoms with Crippen LogP contribution in [0.2, 0.25) is 0 Å². The first-order valence-corrected chi connectivity index (χ1v) is 11.8.